The Hall–Kier alpha value is -3.92. The van der Waals surface area contributed by atoms with Gasteiger partial charge in [0, 0.05) is 16.6 Å². The molecule has 34 heavy (non-hydrogen) atoms. The number of nitrogens with zero attached hydrogens (tertiary/aromatic N) is 1. The molecule has 0 bridgehead atoms. The Morgan fingerprint density at radius 1 is 1.03 bits per heavy atom. The van der Waals surface area contributed by atoms with Gasteiger partial charge in [-0.1, -0.05) is 18.2 Å². The number of benzene rings is 2. The number of carbonyl (C=O) groups excluding carboxylic acids is 3. The first-order chi connectivity index (χ1) is 16.4. The number of anilines is 1. The van der Waals surface area contributed by atoms with Crippen LogP contribution in [0.25, 0.3) is 0 Å². The molecule has 178 valence electrons. The first kappa shape index (κ1) is 24.7. The van der Waals surface area contributed by atoms with Gasteiger partial charge in [0.05, 0.1) is 26.3 Å². The highest BCUT2D eigenvalue weighted by Crippen LogP contribution is 2.27. The van der Waals surface area contributed by atoms with Gasteiger partial charge in [0.15, 0.2) is 11.5 Å². The number of rotatable bonds is 10. The minimum Gasteiger partial charge on any atom is -0.493 e. The molecule has 0 saturated heterocycles. The number of hydrogen-bond acceptors (Lipinski definition) is 8. The van der Waals surface area contributed by atoms with Gasteiger partial charge in [-0.25, -0.2) is 4.98 Å². The highest BCUT2D eigenvalue weighted by molar-refractivity contribution is 7.09. The molecule has 0 radical (unpaired) electrons. The summed E-state index contributed by atoms with van der Waals surface area (Å²) in [7, 11) is 2.97. The number of methoxy groups -OCH3 is 2. The molecule has 0 aliphatic carbocycles. The molecule has 2 amide bonds. The molecule has 3 aromatic rings. The average molecular weight is 484 g/mol. The molecule has 1 heterocycles. The van der Waals surface area contributed by atoms with Gasteiger partial charge in [-0.2, -0.15) is 0 Å². The maximum absolute atomic E-state index is 12.3. The van der Waals surface area contributed by atoms with Crippen molar-refractivity contribution in [3.8, 4) is 11.5 Å². The van der Waals surface area contributed by atoms with Crippen LogP contribution in [-0.4, -0.2) is 43.5 Å². The lowest BCUT2D eigenvalue weighted by Gasteiger charge is -2.10. The minimum atomic E-state index is -0.610. The van der Waals surface area contributed by atoms with Crippen molar-refractivity contribution in [3.05, 3.63) is 69.7 Å². The van der Waals surface area contributed by atoms with Gasteiger partial charge in [0.1, 0.15) is 18.2 Å². The molecule has 2 aromatic carbocycles. The molecule has 0 unspecified atom stereocenters. The van der Waals surface area contributed by atoms with E-state index in [1.165, 1.54) is 31.6 Å². The van der Waals surface area contributed by atoms with E-state index in [9.17, 15) is 14.4 Å². The molecule has 10 heteroatoms. The van der Waals surface area contributed by atoms with Gasteiger partial charge in [-0.15, -0.1) is 11.3 Å². The Morgan fingerprint density at radius 3 is 2.53 bits per heavy atom. The summed E-state index contributed by atoms with van der Waals surface area (Å²) >= 11 is 1.31. The van der Waals surface area contributed by atoms with Crippen molar-refractivity contribution in [2.75, 3.05) is 26.1 Å². The SMILES string of the molecule is COc1ccc(C(=O)NCC(=O)OCc2csc(CC(=O)Nc3ccccc3C)n2)cc1OC. The Bertz CT molecular complexity index is 1180. The number of ether oxygens (including phenoxy) is 3. The normalized spacial score (nSPS) is 10.3. The number of aromatic nitrogens is 1. The Morgan fingerprint density at radius 2 is 1.79 bits per heavy atom. The first-order valence-corrected chi connectivity index (χ1v) is 11.2. The second kappa shape index (κ2) is 11.8. The minimum absolute atomic E-state index is 0.0546. The van der Waals surface area contributed by atoms with Crippen molar-refractivity contribution in [1.29, 1.82) is 0 Å². The highest BCUT2D eigenvalue weighted by atomic mass is 32.1. The van der Waals surface area contributed by atoms with E-state index in [0.29, 0.717) is 27.8 Å². The van der Waals surface area contributed by atoms with Gasteiger partial charge in [0.25, 0.3) is 5.91 Å². The standard InChI is InChI=1S/C24H25N3O6S/c1-15-6-4-5-7-18(15)27-21(28)11-22-26-17(14-34-22)13-33-23(29)12-25-24(30)16-8-9-19(31-2)20(10-16)32-3/h4-10,14H,11-13H2,1-3H3,(H,25,30)(H,27,28). The summed E-state index contributed by atoms with van der Waals surface area (Å²) in [5.41, 5.74) is 2.58. The zero-order valence-corrected chi connectivity index (χ0v) is 19.9. The van der Waals surface area contributed by atoms with Gasteiger partial charge < -0.3 is 24.8 Å². The lowest BCUT2D eigenvalue weighted by atomic mass is 10.2. The second-order valence-corrected chi connectivity index (χ2v) is 8.13. The number of aryl methyl sites for hydroxylation is 1. The van der Waals surface area contributed by atoms with E-state index in [4.69, 9.17) is 14.2 Å². The smallest absolute Gasteiger partial charge is 0.325 e. The van der Waals surface area contributed by atoms with Gasteiger partial charge >= 0.3 is 5.97 Å². The van der Waals surface area contributed by atoms with Gasteiger partial charge in [0.2, 0.25) is 5.91 Å². The molecule has 0 atom stereocenters. The summed E-state index contributed by atoms with van der Waals surface area (Å²) in [6, 6.07) is 12.2. The van der Waals surface area contributed by atoms with Crippen LogP contribution in [0.3, 0.4) is 0 Å². The molecule has 3 rings (SSSR count). The van der Waals surface area contributed by atoms with Crippen LogP contribution < -0.4 is 20.1 Å². The largest absolute Gasteiger partial charge is 0.493 e. The third-order valence-corrected chi connectivity index (χ3v) is 5.65. The van der Waals surface area contributed by atoms with Crippen LogP contribution in [0.4, 0.5) is 5.69 Å². The Balaban J connectivity index is 1.43. The maximum atomic E-state index is 12.3. The van der Waals surface area contributed by atoms with Crippen LogP contribution in [-0.2, 0) is 27.4 Å². The van der Waals surface area contributed by atoms with Crippen molar-refractivity contribution in [2.24, 2.45) is 0 Å². The van der Waals surface area contributed by atoms with Crippen molar-refractivity contribution in [2.45, 2.75) is 20.0 Å². The first-order valence-electron chi connectivity index (χ1n) is 10.3. The topological polar surface area (TPSA) is 116 Å². The van der Waals surface area contributed by atoms with E-state index in [0.717, 1.165) is 11.3 Å². The molecular weight excluding hydrogens is 458 g/mol. The van der Waals surface area contributed by atoms with E-state index in [-0.39, 0.29) is 25.5 Å². The van der Waals surface area contributed by atoms with E-state index >= 15 is 0 Å². The van der Waals surface area contributed by atoms with Crippen molar-refractivity contribution >= 4 is 34.8 Å². The lowest BCUT2D eigenvalue weighted by molar-refractivity contribution is -0.143. The highest BCUT2D eigenvalue weighted by Gasteiger charge is 2.14. The fraction of sp³-hybridized carbons (Fsp3) is 0.250. The van der Waals surface area contributed by atoms with Crippen molar-refractivity contribution in [3.63, 3.8) is 0 Å². The molecule has 0 spiro atoms. The zero-order chi connectivity index (χ0) is 24.5. The van der Waals surface area contributed by atoms with E-state index in [1.54, 1.807) is 17.5 Å². The van der Waals surface area contributed by atoms with Crippen LogP contribution in [0, 0.1) is 6.92 Å². The molecule has 9 nitrogen and oxygen atoms in total. The van der Waals surface area contributed by atoms with E-state index in [2.05, 4.69) is 15.6 Å². The Labute approximate surface area is 201 Å². The molecule has 2 N–H and O–H groups in total. The Kier molecular flexibility index (Phi) is 8.58. The monoisotopic (exact) mass is 483 g/mol. The van der Waals surface area contributed by atoms with Crippen LogP contribution >= 0.6 is 11.3 Å². The number of para-hydroxylation sites is 1. The van der Waals surface area contributed by atoms with Crippen LogP contribution in [0.1, 0.15) is 26.6 Å². The summed E-state index contributed by atoms with van der Waals surface area (Å²) in [6.07, 6.45) is 0.119. The number of amides is 2. The van der Waals surface area contributed by atoms with Crippen LogP contribution in [0.2, 0.25) is 0 Å². The van der Waals surface area contributed by atoms with Crippen molar-refractivity contribution in [1.82, 2.24) is 10.3 Å². The number of thiazole rings is 1. The third-order valence-electron chi connectivity index (χ3n) is 4.75. The molecule has 0 fully saturated rings. The third kappa shape index (κ3) is 6.79. The van der Waals surface area contributed by atoms with Gasteiger partial charge in [-0.3, -0.25) is 14.4 Å². The van der Waals surface area contributed by atoms with Crippen molar-refractivity contribution < 1.29 is 28.6 Å². The van der Waals surface area contributed by atoms with Crippen LogP contribution in [0.5, 0.6) is 11.5 Å². The maximum Gasteiger partial charge on any atom is 0.325 e. The lowest BCUT2D eigenvalue weighted by Crippen LogP contribution is -2.30. The molecule has 1 aromatic heterocycles. The second-order valence-electron chi connectivity index (χ2n) is 7.19. The fourth-order valence-electron chi connectivity index (χ4n) is 2.98. The average Bonchev–Trinajstić information content (AvgIpc) is 3.29. The predicted octanol–water partition coefficient (Wildman–Crippen LogP) is 3.12. The molecular formula is C24H25N3O6S. The summed E-state index contributed by atoms with van der Waals surface area (Å²) < 4.78 is 15.5. The molecule has 0 aliphatic heterocycles. The summed E-state index contributed by atoms with van der Waals surface area (Å²) in [5, 5.41) is 7.70. The number of hydrogen-bond donors (Lipinski definition) is 2. The summed E-state index contributed by atoms with van der Waals surface area (Å²) in [4.78, 5) is 40.9. The van der Waals surface area contributed by atoms with E-state index in [1.807, 2.05) is 31.2 Å². The molecule has 0 saturated carbocycles. The zero-order valence-electron chi connectivity index (χ0n) is 19.0. The summed E-state index contributed by atoms with van der Waals surface area (Å²) in [5.74, 6) is -0.336. The van der Waals surface area contributed by atoms with Gasteiger partial charge in [-0.05, 0) is 36.8 Å². The number of carbonyl (C=O) groups is 3. The molecule has 0 aliphatic rings. The van der Waals surface area contributed by atoms with Crippen LogP contribution in [0.15, 0.2) is 47.8 Å². The summed E-state index contributed by atoms with van der Waals surface area (Å²) in [6.45, 7) is 1.56. The quantitative estimate of drug-likeness (QED) is 0.426. The number of nitrogens with one attached hydrogen (secondary N) is 2. The van der Waals surface area contributed by atoms with E-state index < -0.39 is 11.9 Å². The predicted molar refractivity (Wildman–Crippen MR) is 127 cm³/mol. The fourth-order valence-corrected chi connectivity index (χ4v) is 3.76. The number of esters is 1.